The van der Waals surface area contributed by atoms with E-state index >= 15 is 0 Å². The summed E-state index contributed by atoms with van der Waals surface area (Å²) >= 11 is 1.66. The molecule has 3 aromatic carbocycles. The topological polar surface area (TPSA) is 70.0 Å². The van der Waals surface area contributed by atoms with E-state index in [0.717, 1.165) is 56.9 Å². The van der Waals surface area contributed by atoms with Crippen molar-refractivity contribution in [3.8, 4) is 28.0 Å². The van der Waals surface area contributed by atoms with Crippen LogP contribution in [0.5, 0.6) is 5.75 Å². The number of fused-ring (bicyclic) bond motifs is 3. The zero-order valence-electron chi connectivity index (χ0n) is 22.5. The number of rotatable bonds is 5. The Balaban J connectivity index is 0.000000658. The lowest BCUT2D eigenvalue weighted by molar-refractivity contribution is -0.136. The number of ether oxygens (including phenoxy) is 1. The molecule has 36 heavy (non-hydrogen) atoms. The number of aliphatic carboxylic acids is 1. The Bertz CT molecular complexity index is 1250. The Hall–Kier alpha value is -2.96. The van der Waals surface area contributed by atoms with Crippen molar-refractivity contribution in [1.29, 1.82) is 0 Å². The summed E-state index contributed by atoms with van der Waals surface area (Å²) < 4.78 is 8.04. The molecule has 0 spiro atoms. The minimum atomic E-state index is -0.819. The predicted molar refractivity (Wildman–Crippen MR) is 151 cm³/mol. The standard InChI is InChI=1S/C26H27NO3S.C4H10O/c1-15-9-11-18(12-10-15)23-17(3)24-25-19(7-6-8-21(25)30-4)14-27(31-5)26(24)16(2)20(23)13-22(28)29;1-4(2,3)5/h6-12H,13-14H2,1-5H3,(H,28,29);5H,1-3H3. The van der Waals surface area contributed by atoms with Gasteiger partial charge in [-0.3, -0.25) is 4.79 Å². The van der Waals surface area contributed by atoms with Gasteiger partial charge in [0.1, 0.15) is 5.75 Å². The molecule has 0 aromatic heterocycles. The zero-order valence-corrected chi connectivity index (χ0v) is 23.3. The van der Waals surface area contributed by atoms with E-state index in [1.54, 1.807) is 39.8 Å². The number of carbonyl (C=O) groups is 1. The number of nitrogens with zero attached hydrogens (tertiary/aromatic N) is 1. The van der Waals surface area contributed by atoms with E-state index in [1.165, 1.54) is 11.1 Å². The van der Waals surface area contributed by atoms with Gasteiger partial charge in [0.2, 0.25) is 0 Å². The number of aryl methyl sites for hydroxylation is 1. The Morgan fingerprint density at radius 2 is 1.61 bits per heavy atom. The molecule has 2 N–H and O–H groups in total. The average molecular weight is 508 g/mol. The highest BCUT2D eigenvalue weighted by Gasteiger charge is 2.32. The van der Waals surface area contributed by atoms with Gasteiger partial charge in [-0.2, -0.15) is 0 Å². The monoisotopic (exact) mass is 507 g/mol. The highest BCUT2D eigenvalue weighted by molar-refractivity contribution is 7.99. The van der Waals surface area contributed by atoms with Crippen LogP contribution < -0.4 is 9.04 Å². The van der Waals surface area contributed by atoms with Gasteiger partial charge in [-0.05, 0) is 81.0 Å². The quantitative estimate of drug-likeness (QED) is 0.364. The Morgan fingerprint density at radius 1 is 1.00 bits per heavy atom. The average Bonchev–Trinajstić information content (AvgIpc) is 2.80. The van der Waals surface area contributed by atoms with Crippen molar-refractivity contribution in [3.63, 3.8) is 0 Å². The summed E-state index contributed by atoms with van der Waals surface area (Å²) in [6.45, 7) is 12.2. The number of benzene rings is 3. The molecule has 5 nitrogen and oxygen atoms in total. The Morgan fingerprint density at radius 3 is 2.14 bits per heavy atom. The molecule has 1 heterocycles. The van der Waals surface area contributed by atoms with Gasteiger partial charge in [-0.25, -0.2) is 0 Å². The fourth-order valence-electron chi connectivity index (χ4n) is 4.70. The van der Waals surface area contributed by atoms with Crippen LogP contribution in [0, 0.1) is 20.8 Å². The molecule has 6 heteroatoms. The van der Waals surface area contributed by atoms with Crippen molar-refractivity contribution in [2.45, 2.75) is 60.1 Å². The van der Waals surface area contributed by atoms with Crippen LogP contribution in [0.1, 0.15) is 48.6 Å². The molecule has 1 aliphatic rings. The van der Waals surface area contributed by atoms with E-state index in [9.17, 15) is 9.90 Å². The number of carboxylic acid groups (broad SMARTS) is 1. The van der Waals surface area contributed by atoms with Crippen molar-refractivity contribution in [2.24, 2.45) is 0 Å². The summed E-state index contributed by atoms with van der Waals surface area (Å²) in [5.74, 6) is 0.0307. The maximum absolute atomic E-state index is 11.8. The van der Waals surface area contributed by atoms with E-state index in [1.807, 2.05) is 12.1 Å². The number of aliphatic hydroxyl groups is 1. The van der Waals surface area contributed by atoms with Gasteiger partial charge in [-0.1, -0.05) is 53.9 Å². The summed E-state index contributed by atoms with van der Waals surface area (Å²) in [4.78, 5) is 11.8. The molecular formula is C30H37NO4S. The van der Waals surface area contributed by atoms with Crippen LogP contribution in [0.2, 0.25) is 0 Å². The fourth-order valence-corrected chi connectivity index (χ4v) is 5.38. The Labute approximate surface area is 219 Å². The van der Waals surface area contributed by atoms with Gasteiger partial charge in [0.15, 0.2) is 0 Å². The molecule has 4 rings (SSSR count). The van der Waals surface area contributed by atoms with Gasteiger partial charge >= 0.3 is 5.97 Å². The second-order valence-electron chi connectivity index (χ2n) is 10.1. The summed E-state index contributed by atoms with van der Waals surface area (Å²) in [6.07, 6.45) is 2.05. The molecule has 0 saturated carbocycles. The van der Waals surface area contributed by atoms with Gasteiger partial charge in [0.05, 0.1) is 31.4 Å². The normalized spacial score (nSPS) is 12.3. The van der Waals surface area contributed by atoms with E-state index in [0.29, 0.717) is 0 Å². The molecule has 0 saturated heterocycles. The maximum atomic E-state index is 11.8. The summed E-state index contributed by atoms with van der Waals surface area (Å²) in [6, 6.07) is 14.5. The molecular weight excluding hydrogens is 470 g/mol. The van der Waals surface area contributed by atoms with Gasteiger partial charge in [-0.15, -0.1) is 0 Å². The maximum Gasteiger partial charge on any atom is 0.307 e. The van der Waals surface area contributed by atoms with Crippen molar-refractivity contribution in [2.75, 3.05) is 17.7 Å². The second kappa shape index (κ2) is 11.0. The van der Waals surface area contributed by atoms with E-state index < -0.39 is 11.6 Å². The molecule has 0 aliphatic carbocycles. The first-order valence-corrected chi connectivity index (χ1v) is 13.2. The zero-order chi connectivity index (χ0) is 26.8. The van der Waals surface area contributed by atoms with Crippen LogP contribution in [0.3, 0.4) is 0 Å². The summed E-state index contributed by atoms with van der Waals surface area (Å²) in [7, 11) is 1.71. The van der Waals surface area contributed by atoms with Crippen LogP contribution in [0.25, 0.3) is 22.3 Å². The smallest absolute Gasteiger partial charge is 0.307 e. The van der Waals surface area contributed by atoms with E-state index in [-0.39, 0.29) is 6.42 Å². The first-order chi connectivity index (χ1) is 16.9. The summed E-state index contributed by atoms with van der Waals surface area (Å²) in [5, 5.41) is 18.2. The van der Waals surface area contributed by atoms with Gasteiger partial charge < -0.3 is 19.3 Å². The third-order valence-electron chi connectivity index (χ3n) is 6.13. The molecule has 0 bridgehead atoms. The number of hydrogen-bond donors (Lipinski definition) is 2. The lowest BCUT2D eigenvalue weighted by Crippen LogP contribution is -2.23. The van der Waals surface area contributed by atoms with E-state index in [4.69, 9.17) is 9.84 Å². The molecule has 1 aliphatic heterocycles. The van der Waals surface area contributed by atoms with Crippen molar-refractivity contribution < 1.29 is 19.7 Å². The molecule has 0 unspecified atom stereocenters. The number of hydrogen-bond acceptors (Lipinski definition) is 5. The molecule has 192 valence electrons. The minimum absolute atomic E-state index is 0.00976. The first kappa shape index (κ1) is 27.6. The number of methoxy groups -OCH3 is 1. The summed E-state index contributed by atoms with van der Waals surface area (Å²) in [5.41, 5.74) is 10.3. The highest BCUT2D eigenvalue weighted by atomic mass is 32.2. The molecule has 0 amide bonds. The number of anilines is 1. The van der Waals surface area contributed by atoms with Crippen LogP contribution in [-0.2, 0) is 17.8 Å². The molecule has 0 fully saturated rings. The fraction of sp³-hybridized carbons (Fsp3) is 0.367. The second-order valence-corrected chi connectivity index (χ2v) is 11.0. The first-order valence-electron chi connectivity index (χ1n) is 12.0. The van der Waals surface area contributed by atoms with Crippen LogP contribution in [0.4, 0.5) is 5.69 Å². The predicted octanol–water partition coefficient (Wildman–Crippen LogP) is 6.96. The van der Waals surface area contributed by atoms with E-state index in [2.05, 4.69) is 61.7 Å². The van der Waals surface area contributed by atoms with Crippen LogP contribution in [-0.4, -0.2) is 35.1 Å². The minimum Gasteiger partial charge on any atom is -0.496 e. The van der Waals surface area contributed by atoms with Crippen molar-refractivity contribution in [3.05, 3.63) is 70.3 Å². The van der Waals surface area contributed by atoms with Crippen LogP contribution in [0.15, 0.2) is 42.5 Å². The van der Waals surface area contributed by atoms with Gasteiger partial charge in [0.25, 0.3) is 0 Å². The van der Waals surface area contributed by atoms with Crippen LogP contribution >= 0.6 is 11.9 Å². The Kier molecular flexibility index (Phi) is 8.42. The SMILES string of the molecule is CC(C)(C)O.COc1cccc2c1-c1c(C)c(-c3ccc(C)cc3)c(CC(=O)O)c(C)c1N(SC)C2. The lowest BCUT2D eigenvalue weighted by atomic mass is 9.80. The lowest BCUT2D eigenvalue weighted by Gasteiger charge is -2.36. The highest BCUT2D eigenvalue weighted by Crippen LogP contribution is 2.52. The third-order valence-corrected chi connectivity index (χ3v) is 6.88. The van der Waals surface area contributed by atoms with Crippen molar-refractivity contribution >= 4 is 23.6 Å². The van der Waals surface area contributed by atoms with Gasteiger partial charge in [0, 0.05) is 17.4 Å². The largest absolute Gasteiger partial charge is 0.496 e. The molecule has 3 aromatic rings. The molecule has 0 radical (unpaired) electrons. The van der Waals surface area contributed by atoms with Crippen molar-refractivity contribution in [1.82, 2.24) is 0 Å². The molecule has 0 atom stereocenters. The number of carboxylic acids is 1. The third kappa shape index (κ3) is 5.88.